The molecule has 3 aromatic carbocycles. The van der Waals surface area contributed by atoms with Crippen molar-refractivity contribution in [3.05, 3.63) is 78.4 Å². The summed E-state index contributed by atoms with van der Waals surface area (Å²) in [6.07, 6.45) is 0. The highest BCUT2D eigenvalue weighted by Gasteiger charge is 2.19. The highest BCUT2D eigenvalue weighted by molar-refractivity contribution is 7.99. The van der Waals surface area contributed by atoms with Crippen molar-refractivity contribution < 1.29 is 4.79 Å². The third-order valence-electron chi connectivity index (χ3n) is 5.57. The highest BCUT2D eigenvalue weighted by atomic mass is 32.2. The zero-order valence-electron chi connectivity index (χ0n) is 17.4. The van der Waals surface area contributed by atoms with Gasteiger partial charge in [-0.2, -0.15) is 0 Å². The van der Waals surface area contributed by atoms with Gasteiger partial charge in [0.2, 0.25) is 5.91 Å². The number of thioether (sulfide) groups is 1. The molecule has 2 aromatic heterocycles. The number of amides is 1. The Kier molecular flexibility index (Phi) is 5.08. The molecule has 0 bridgehead atoms. The van der Waals surface area contributed by atoms with E-state index in [1.54, 1.807) is 0 Å². The van der Waals surface area contributed by atoms with Gasteiger partial charge in [0.15, 0.2) is 10.8 Å². The Hall–Kier alpha value is -3.38. The van der Waals surface area contributed by atoms with E-state index in [4.69, 9.17) is 0 Å². The molecule has 0 spiro atoms. The van der Waals surface area contributed by atoms with Crippen LogP contribution in [-0.4, -0.2) is 32.8 Å². The summed E-state index contributed by atoms with van der Waals surface area (Å²) in [5.74, 6) is 0.345. The van der Waals surface area contributed by atoms with Crippen molar-refractivity contribution in [2.75, 3.05) is 17.2 Å². The van der Waals surface area contributed by atoms with Crippen LogP contribution in [-0.2, 0) is 4.79 Å². The fraction of sp³-hybridized carbons (Fsp3) is 0.160. The lowest BCUT2D eigenvalue weighted by Crippen LogP contribution is -2.32. The number of aryl methyl sites for hydroxylation is 1. The average Bonchev–Trinajstić information content (AvgIpc) is 3.21. The number of pyridine rings is 1. The number of fused-ring (bicyclic) bond motifs is 4. The molecular formula is C25H22N4OS. The second kappa shape index (κ2) is 8.04. The minimum atomic E-state index is 0.0528. The second-order valence-corrected chi connectivity index (χ2v) is 8.39. The minimum Gasteiger partial charge on any atom is -0.311 e. The number of hydrogen-bond donors (Lipinski definition) is 0. The number of nitrogens with zero attached hydrogens (tertiary/aromatic N) is 4. The first kappa shape index (κ1) is 19.6. The molecule has 1 amide bonds. The van der Waals surface area contributed by atoms with Crippen LogP contribution in [0, 0.1) is 6.92 Å². The lowest BCUT2D eigenvalue weighted by molar-refractivity contribution is -0.116. The van der Waals surface area contributed by atoms with E-state index in [9.17, 15) is 4.79 Å². The van der Waals surface area contributed by atoms with Crippen LogP contribution >= 0.6 is 11.8 Å². The van der Waals surface area contributed by atoms with Crippen molar-refractivity contribution in [1.82, 2.24) is 14.6 Å². The van der Waals surface area contributed by atoms with E-state index in [2.05, 4.69) is 47.5 Å². The molecule has 6 heteroatoms. The minimum absolute atomic E-state index is 0.0528. The molecule has 0 radical (unpaired) electrons. The van der Waals surface area contributed by atoms with Crippen molar-refractivity contribution >= 4 is 50.7 Å². The molecule has 0 atom stereocenters. The van der Waals surface area contributed by atoms with Gasteiger partial charge in [0.1, 0.15) is 0 Å². The van der Waals surface area contributed by atoms with Crippen LogP contribution in [0.2, 0.25) is 0 Å². The number of carbonyl (C=O) groups excluding carboxylic acids is 1. The van der Waals surface area contributed by atoms with Crippen LogP contribution < -0.4 is 4.90 Å². The van der Waals surface area contributed by atoms with Crippen molar-refractivity contribution in [2.24, 2.45) is 0 Å². The Morgan fingerprint density at radius 3 is 2.55 bits per heavy atom. The molecule has 0 unspecified atom stereocenters. The predicted molar refractivity (Wildman–Crippen MR) is 128 cm³/mol. The molecule has 0 saturated carbocycles. The van der Waals surface area contributed by atoms with Gasteiger partial charge in [-0.25, -0.2) is 0 Å². The van der Waals surface area contributed by atoms with E-state index in [-0.39, 0.29) is 5.91 Å². The van der Waals surface area contributed by atoms with E-state index >= 15 is 0 Å². The maximum absolute atomic E-state index is 13.2. The van der Waals surface area contributed by atoms with E-state index in [0.29, 0.717) is 12.3 Å². The first-order valence-electron chi connectivity index (χ1n) is 10.3. The van der Waals surface area contributed by atoms with Crippen LogP contribution in [0.4, 0.5) is 5.69 Å². The molecule has 0 aliphatic heterocycles. The van der Waals surface area contributed by atoms with Crippen LogP contribution in [0.1, 0.15) is 12.5 Å². The van der Waals surface area contributed by atoms with Crippen molar-refractivity contribution in [1.29, 1.82) is 0 Å². The fourth-order valence-corrected chi connectivity index (χ4v) is 4.93. The SMILES string of the molecule is CCN(C(=O)CSc1nnc2cc(C)c3ccccc3n12)c1cccc2ccccc12. The summed E-state index contributed by atoms with van der Waals surface area (Å²) in [4.78, 5) is 15.1. The van der Waals surface area contributed by atoms with Gasteiger partial charge in [0.05, 0.1) is 17.0 Å². The predicted octanol–water partition coefficient (Wildman–Crippen LogP) is 5.49. The second-order valence-electron chi connectivity index (χ2n) is 7.45. The molecule has 0 aliphatic rings. The Bertz CT molecular complexity index is 1420. The maximum atomic E-state index is 13.2. The monoisotopic (exact) mass is 426 g/mol. The molecule has 0 aliphatic carbocycles. The molecule has 5 aromatic rings. The molecule has 0 N–H and O–H groups in total. The molecule has 0 fully saturated rings. The summed E-state index contributed by atoms with van der Waals surface area (Å²) >= 11 is 1.43. The third-order valence-corrected chi connectivity index (χ3v) is 6.49. The first-order chi connectivity index (χ1) is 15.2. The molecule has 0 saturated heterocycles. The van der Waals surface area contributed by atoms with Crippen molar-refractivity contribution in [3.63, 3.8) is 0 Å². The number of anilines is 1. The molecule has 154 valence electrons. The number of benzene rings is 3. The summed E-state index contributed by atoms with van der Waals surface area (Å²) in [5, 5.41) is 12.8. The van der Waals surface area contributed by atoms with Gasteiger partial charge in [-0.1, -0.05) is 66.4 Å². The van der Waals surface area contributed by atoms with Gasteiger partial charge >= 0.3 is 0 Å². The molecule has 31 heavy (non-hydrogen) atoms. The number of aromatic nitrogens is 3. The maximum Gasteiger partial charge on any atom is 0.237 e. The van der Waals surface area contributed by atoms with Gasteiger partial charge in [0, 0.05) is 17.3 Å². The summed E-state index contributed by atoms with van der Waals surface area (Å²) in [6, 6.07) is 24.5. The van der Waals surface area contributed by atoms with Gasteiger partial charge in [-0.15, -0.1) is 10.2 Å². The summed E-state index contributed by atoms with van der Waals surface area (Å²) < 4.78 is 2.04. The number of para-hydroxylation sites is 1. The Balaban J connectivity index is 1.46. The first-order valence-corrected chi connectivity index (χ1v) is 11.3. The van der Waals surface area contributed by atoms with Crippen molar-refractivity contribution in [2.45, 2.75) is 19.0 Å². The summed E-state index contributed by atoms with van der Waals surface area (Å²) in [5.41, 5.74) is 3.96. The van der Waals surface area contributed by atoms with Crippen LogP contribution in [0.5, 0.6) is 0 Å². The zero-order chi connectivity index (χ0) is 21.4. The molecule has 5 nitrogen and oxygen atoms in total. The smallest absolute Gasteiger partial charge is 0.237 e. The topological polar surface area (TPSA) is 50.5 Å². The molecule has 2 heterocycles. The number of rotatable bonds is 5. The largest absolute Gasteiger partial charge is 0.311 e. The Labute approximate surface area is 184 Å². The summed E-state index contributed by atoms with van der Waals surface area (Å²) in [6.45, 7) is 4.69. The number of carbonyl (C=O) groups is 1. The van der Waals surface area contributed by atoms with Gasteiger partial charge in [-0.05, 0) is 43.0 Å². The third kappa shape index (κ3) is 3.43. The van der Waals surface area contributed by atoms with E-state index in [1.165, 1.54) is 11.8 Å². The van der Waals surface area contributed by atoms with Gasteiger partial charge in [0.25, 0.3) is 0 Å². The van der Waals surface area contributed by atoms with E-state index in [1.807, 2.05) is 58.7 Å². The Morgan fingerprint density at radius 1 is 0.968 bits per heavy atom. The van der Waals surface area contributed by atoms with E-state index in [0.717, 1.165) is 43.7 Å². The Morgan fingerprint density at radius 2 is 1.71 bits per heavy atom. The highest BCUT2D eigenvalue weighted by Crippen LogP contribution is 2.29. The van der Waals surface area contributed by atoms with Gasteiger partial charge in [-0.3, -0.25) is 9.20 Å². The summed E-state index contributed by atoms with van der Waals surface area (Å²) in [7, 11) is 0. The number of hydrogen-bond acceptors (Lipinski definition) is 4. The van der Waals surface area contributed by atoms with Crippen LogP contribution in [0.15, 0.2) is 78.0 Å². The zero-order valence-corrected chi connectivity index (χ0v) is 18.3. The normalized spacial score (nSPS) is 11.4. The van der Waals surface area contributed by atoms with Crippen LogP contribution in [0.3, 0.4) is 0 Å². The van der Waals surface area contributed by atoms with E-state index < -0.39 is 0 Å². The van der Waals surface area contributed by atoms with Crippen LogP contribution in [0.25, 0.3) is 27.3 Å². The standard InChI is InChI=1S/C25H22N4OS/c1-3-28(21-14-8-10-18-9-4-5-12-20(18)21)24(30)16-31-25-27-26-23-15-17(2)19-11-6-7-13-22(19)29(23)25/h4-15H,3,16H2,1-2H3. The fourth-order valence-electron chi connectivity index (χ4n) is 4.10. The quantitative estimate of drug-likeness (QED) is 0.349. The molecule has 5 rings (SSSR count). The molecular weight excluding hydrogens is 404 g/mol. The lowest BCUT2D eigenvalue weighted by atomic mass is 10.1. The lowest BCUT2D eigenvalue weighted by Gasteiger charge is -2.22. The average molecular weight is 427 g/mol. The van der Waals surface area contributed by atoms with Crippen molar-refractivity contribution in [3.8, 4) is 0 Å². The van der Waals surface area contributed by atoms with Gasteiger partial charge < -0.3 is 4.90 Å².